The van der Waals surface area contributed by atoms with E-state index in [1.54, 1.807) is 6.07 Å². The van der Waals surface area contributed by atoms with Gasteiger partial charge in [0.1, 0.15) is 0 Å². The summed E-state index contributed by atoms with van der Waals surface area (Å²) in [6.45, 7) is 1.90. The molecule has 0 aromatic heterocycles. The average Bonchev–Trinajstić information content (AvgIpc) is 2.05. The van der Waals surface area contributed by atoms with Crippen LogP contribution in [-0.2, 0) is 9.69 Å². The van der Waals surface area contributed by atoms with Crippen molar-refractivity contribution < 1.29 is 14.7 Å². The van der Waals surface area contributed by atoms with Crippen molar-refractivity contribution >= 4 is 12.6 Å². The van der Waals surface area contributed by atoms with Gasteiger partial charge < -0.3 is 5.02 Å². The second-order valence-electron chi connectivity index (χ2n) is 2.47. The number of rotatable bonds is 3. The van der Waals surface area contributed by atoms with Crippen LogP contribution in [0.5, 0.6) is 0 Å². The minimum absolute atomic E-state index is 0.722. The van der Waals surface area contributed by atoms with Gasteiger partial charge >= 0.3 is 7.12 Å². The minimum Gasteiger partial charge on any atom is -0.422 e. The van der Waals surface area contributed by atoms with Gasteiger partial charge in [0, 0.05) is 0 Å². The van der Waals surface area contributed by atoms with Gasteiger partial charge in [-0.05, 0) is 12.4 Å². The molecular formula is C8H11BO3. The van der Waals surface area contributed by atoms with Gasteiger partial charge in [-0.15, -0.1) is 0 Å². The van der Waals surface area contributed by atoms with E-state index in [0.29, 0.717) is 0 Å². The van der Waals surface area contributed by atoms with Gasteiger partial charge in [-0.2, -0.15) is 0 Å². The van der Waals surface area contributed by atoms with E-state index in [1.807, 2.05) is 25.1 Å². The lowest BCUT2D eigenvalue weighted by molar-refractivity contribution is -0.193. The third-order valence-electron chi connectivity index (χ3n) is 1.64. The van der Waals surface area contributed by atoms with Gasteiger partial charge in [-0.25, -0.2) is 0 Å². The van der Waals surface area contributed by atoms with E-state index in [9.17, 15) is 5.02 Å². The van der Waals surface area contributed by atoms with Crippen LogP contribution in [0.15, 0.2) is 24.3 Å². The maximum atomic E-state index is 9.35. The fourth-order valence-electron chi connectivity index (χ4n) is 1.01. The third kappa shape index (κ3) is 2.07. The highest BCUT2D eigenvalue weighted by atomic mass is 17.2. The normalized spacial score (nSPS) is 9.92. The Hall–Kier alpha value is -0.835. The quantitative estimate of drug-likeness (QED) is 0.397. The highest BCUT2D eigenvalue weighted by Gasteiger charge is 2.18. The Kier molecular flexibility index (Phi) is 3.28. The number of hydrogen-bond acceptors (Lipinski definition) is 3. The molecule has 0 heterocycles. The lowest BCUT2D eigenvalue weighted by atomic mass is 9.77. The topological polar surface area (TPSA) is 38.7 Å². The van der Waals surface area contributed by atoms with Gasteiger partial charge in [0.2, 0.25) is 0 Å². The molecule has 0 aliphatic heterocycles. The van der Waals surface area contributed by atoms with Crippen molar-refractivity contribution in [3.63, 3.8) is 0 Å². The molecule has 0 atom stereocenters. The molecule has 0 saturated heterocycles. The molecule has 64 valence electrons. The zero-order chi connectivity index (χ0) is 8.97. The fourth-order valence-corrected chi connectivity index (χ4v) is 1.01. The molecule has 0 aliphatic carbocycles. The predicted molar refractivity (Wildman–Crippen MR) is 46.9 cm³/mol. The van der Waals surface area contributed by atoms with E-state index in [4.69, 9.17) is 0 Å². The molecule has 4 heteroatoms. The largest absolute Gasteiger partial charge is 0.523 e. The summed E-state index contributed by atoms with van der Waals surface area (Å²) in [6.07, 6.45) is 0. The van der Waals surface area contributed by atoms with Gasteiger partial charge in [-0.1, -0.05) is 29.8 Å². The first-order valence-electron chi connectivity index (χ1n) is 3.68. The van der Waals surface area contributed by atoms with Crippen molar-refractivity contribution in [1.29, 1.82) is 0 Å². The minimum atomic E-state index is -1.00. The van der Waals surface area contributed by atoms with Crippen LogP contribution < -0.4 is 5.46 Å². The lowest BCUT2D eigenvalue weighted by Crippen LogP contribution is -2.35. The number of hydrogen-bond donors (Lipinski definition) is 1. The molecule has 0 amide bonds. The highest BCUT2D eigenvalue weighted by Crippen LogP contribution is 1.95. The van der Waals surface area contributed by atoms with E-state index >= 15 is 0 Å². The molecule has 0 radical (unpaired) electrons. The van der Waals surface area contributed by atoms with Crippen molar-refractivity contribution in [2.24, 2.45) is 0 Å². The second kappa shape index (κ2) is 4.26. The molecule has 12 heavy (non-hydrogen) atoms. The fraction of sp³-hybridized carbons (Fsp3) is 0.250. The molecule has 1 aromatic rings. The van der Waals surface area contributed by atoms with Crippen molar-refractivity contribution in [3.8, 4) is 0 Å². The van der Waals surface area contributed by atoms with Crippen LogP contribution in [0.2, 0.25) is 0 Å². The summed E-state index contributed by atoms with van der Waals surface area (Å²) in [4.78, 5) is 8.93. The van der Waals surface area contributed by atoms with E-state index < -0.39 is 7.12 Å². The van der Waals surface area contributed by atoms with Gasteiger partial charge in [-0.3, -0.25) is 9.69 Å². The number of benzene rings is 1. The molecule has 0 unspecified atom stereocenters. The summed E-state index contributed by atoms with van der Waals surface area (Å²) in [5.74, 6) is 0. The van der Waals surface area contributed by atoms with Gasteiger partial charge in [0.05, 0.1) is 7.11 Å². The van der Waals surface area contributed by atoms with E-state index in [0.717, 1.165) is 11.0 Å². The summed E-state index contributed by atoms with van der Waals surface area (Å²) < 4.78 is 0. The van der Waals surface area contributed by atoms with Crippen LogP contribution in [0.25, 0.3) is 0 Å². The zero-order valence-corrected chi connectivity index (χ0v) is 7.15. The summed E-state index contributed by atoms with van der Waals surface area (Å²) in [5, 5.41) is 9.35. The van der Waals surface area contributed by atoms with Crippen LogP contribution in [0, 0.1) is 6.92 Å². The molecule has 1 N–H and O–H groups in total. The Labute approximate surface area is 72.0 Å². The van der Waals surface area contributed by atoms with Gasteiger partial charge in [0.25, 0.3) is 0 Å². The Morgan fingerprint density at radius 3 is 2.58 bits per heavy atom. The van der Waals surface area contributed by atoms with E-state index in [1.165, 1.54) is 7.11 Å². The average molecular weight is 166 g/mol. The van der Waals surface area contributed by atoms with Crippen LogP contribution in [0.4, 0.5) is 0 Å². The first-order valence-corrected chi connectivity index (χ1v) is 3.68. The second-order valence-corrected chi connectivity index (χ2v) is 2.47. The summed E-state index contributed by atoms with van der Waals surface area (Å²) in [7, 11) is 0.359. The lowest BCUT2D eigenvalue weighted by Gasteiger charge is -2.06. The molecule has 0 saturated carbocycles. The predicted octanol–water partition coefficient (Wildman–Crippen LogP) is 0.261. The summed E-state index contributed by atoms with van der Waals surface area (Å²) in [5.41, 5.74) is 1.70. The monoisotopic (exact) mass is 166 g/mol. The molecule has 0 spiro atoms. The zero-order valence-electron chi connectivity index (χ0n) is 7.15. The Morgan fingerprint density at radius 2 is 2.00 bits per heavy atom. The summed E-state index contributed by atoms with van der Waals surface area (Å²) >= 11 is 0. The molecule has 0 aliphatic rings. The van der Waals surface area contributed by atoms with Crippen LogP contribution in [0.3, 0.4) is 0 Å². The SMILES string of the molecule is COOB(O)c1ccccc1C. The molecule has 3 nitrogen and oxygen atoms in total. The van der Waals surface area contributed by atoms with Crippen LogP contribution in [-0.4, -0.2) is 19.3 Å². The van der Waals surface area contributed by atoms with Crippen LogP contribution in [0.1, 0.15) is 5.56 Å². The maximum absolute atomic E-state index is 9.35. The van der Waals surface area contributed by atoms with E-state index in [-0.39, 0.29) is 0 Å². The Balaban J connectivity index is 2.79. The highest BCUT2D eigenvalue weighted by molar-refractivity contribution is 6.60. The molecular weight excluding hydrogens is 155 g/mol. The first-order chi connectivity index (χ1) is 5.75. The van der Waals surface area contributed by atoms with Crippen molar-refractivity contribution in [2.45, 2.75) is 6.92 Å². The Morgan fingerprint density at radius 1 is 1.33 bits per heavy atom. The maximum Gasteiger partial charge on any atom is 0.523 e. The first kappa shape index (κ1) is 9.25. The Bertz CT molecular complexity index is 252. The smallest absolute Gasteiger partial charge is 0.422 e. The number of aryl methyl sites for hydroxylation is 1. The molecule has 1 rings (SSSR count). The van der Waals surface area contributed by atoms with E-state index in [2.05, 4.69) is 9.69 Å². The van der Waals surface area contributed by atoms with Crippen LogP contribution >= 0.6 is 0 Å². The standard InChI is InChI=1S/C8H11BO3/c1-7-5-3-4-6-8(7)9(10)12-11-2/h3-6,10H,1-2H3. The van der Waals surface area contributed by atoms with Crippen molar-refractivity contribution in [2.75, 3.05) is 7.11 Å². The third-order valence-corrected chi connectivity index (χ3v) is 1.64. The molecule has 1 aromatic carbocycles. The summed E-state index contributed by atoms with van der Waals surface area (Å²) in [6, 6.07) is 7.43. The molecule has 0 bridgehead atoms. The molecule has 0 fully saturated rings. The van der Waals surface area contributed by atoms with Crippen molar-refractivity contribution in [1.82, 2.24) is 0 Å². The van der Waals surface area contributed by atoms with Crippen molar-refractivity contribution in [3.05, 3.63) is 29.8 Å². The van der Waals surface area contributed by atoms with Gasteiger partial charge in [0.15, 0.2) is 0 Å².